The van der Waals surface area contributed by atoms with Crippen LogP contribution in [-0.2, 0) is 34.4 Å². The number of ether oxygens (including phenoxy) is 1. The first-order chi connectivity index (χ1) is 20.0. The van der Waals surface area contributed by atoms with E-state index in [1.54, 1.807) is 17.2 Å². The zero-order valence-corrected chi connectivity index (χ0v) is 22.3. The van der Waals surface area contributed by atoms with Gasteiger partial charge in [0, 0.05) is 41.8 Å². The summed E-state index contributed by atoms with van der Waals surface area (Å²) in [5, 5.41) is 3.90. The lowest BCUT2D eigenvalue weighted by atomic mass is 9.79. The first-order valence-corrected chi connectivity index (χ1v) is 14.0. The third kappa shape index (κ3) is 3.65. The predicted octanol–water partition coefficient (Wildman–Crippen LogP) is 4.38. The summed E-state index contributed by atoms with van der Waals surface area (Å²) in [5.74, 6) is 0.519. The number of fused-ring (bicyclic) bond motifs is 5. The van der Waals surface area contributed by atoms with E-state index < -0.39 is 5.41 Å². The highest BCUT2D eigenvalue weighted by Gasteiger charge is 2.51. The van der Waals surface area contributed by atoms with E-state index in [0.29, 0.717) is 56.9 Å². The molecule has 1 fully saturated rings. The van der Waals surface area contributed by atoms with E-state index in [2.05, 4.69) is 16.4 Å². The number of carbonyl (C=O) groups is 3. The molecule has 4 aromatic rings. The number of hydrogen-bond acceptors (Lipinski definition) is 6. The second-order valence-electron chi connectivity index (χ2n) is 11.4. The van der Waals surface area contributed by atoms with Crippen LogP contribution in [0.4, 0.5) is 16.3 Å². The quantitative estimate of drug-likeness (QED) is 0.401. The minimum absolute atomic E-state index is 0.0139. The van der Waals surface area contributed by atoms with Crippen LogP contribution in [0.3, 0.4) is 0 Å². The van der Waals surface area contributed by atoms with Gasteiger partial charge in [-0.05, 0) is 67.1 Å². The van der Waals surface area contributed by atoms with Gasteiger partial charge in [-0.15, -0.1) is 0 Å². The predicted molar refractivity (Wildman–Crippen MR) is 152 cm³/mol. The molecule has 2 aromatic heterocycles. The molecular weight excluding hydrogens is 518 g/mol. The summed E-state index contributed by atoms with van der Waals surface area (Å²) >= 11 is 0. The van der Waals surface area contributed by atoms with Crippen LogP contribution in [-0.4, -0.2) is 51.9 Å². The van der Waals surface area contributed by atoms with Crippen molar-refractivity contribution < 1.29 is 19.1 Å². The van der Waals surface area contributed by atoms with Gasteiger partial charge >= 0.3 is 6.09 Å². The molecular formula is C32H27N5O4. The smallest absolute Gasteiger partial charge is 0.414 e. The molecule has 8 rings (SSSR count). The lowest BCUT2D eigenvalue weighted by Crippen LogP contribution is -2.50. The van der Waals surface area contributed by atoms with Gasteiger partial charge in [-0.25, -0.2) is 14.8 Å². The summed E-state index contributed by atoms with van der Waals surface area (Å²) in [4.78, 5) is 51.9. The Labute approximate surface area is 236 Å². The highest BCUT2D eigenvalue weighted by molar-refractivity contribution is 6.06. The molecule has 1 atom stereocenters. The minimum Gasteiger partial charge on any atom is -0.444 e. The van der Waals surface area contributed by atoms with Crippen molar-refractivity contribution >= 4 is 40.3 Å². The second kappa shape index (κ2) is 8.86. The molecule has 1 aliphatic carbocycles. The van der Waals surface area contributed by atoms with Crippen LogP contribution in [0.15, 0.2) is 66.9 Å². The standard InChI is InChI=1S/C32H27N5O4/c38-29(36-12-9-23(10-13-36)37-27-6-2-1-4-20(27)18-41-31(37)40)25-8-7-19-14-21-16-32(17-22(21)15-26(19)34-25)24-5-3-11-33-28(24)35-30(32)39/h1-8,11,14-15,23H,9-10,12-13,16-18H2,(H,33,35,39)/t32-/m0/s1. The zero-order chi connectivity index (χ0) is 27.7. The van der Waals surface area contributed by atoms with Crippen molar-refractivity contribution in [3.63, 3.8) is 0 Å². The van der Waals surface area contributed by atoms with Crippen molar-refractivity contribution in [3.05, 3.63) is 94.8 Å². The number of cyclic esters (lactones) is 1. The van der Waals surface area contributed by atoms with Crippen molar-refractivity contribution in [3.8, 4) is 0 Å². The molecule has 41 heavy (non-hydrogen) atoms. The minimum atomic E-state index is -0.645. The largest absolute Gasteiger partial charge is 0.444 e. The Morgan fingerprint density at radius 1 is 0.951 bits per heavy atom. The van der Waals surface area contributed by atoms with Gasteiger partial charge in [0.2, 0.25) is 5.91 Å². The fourth-order valence-corrected chi connectivity index (χ4v) is 7.02. The van der Waals surface area contributed by atoms with Gasteiger partial charge in [0.25, 0.3) is 5.91 Å². The Bertz CT molecular complexity index is 1780. The van der Waals surface area contributed by atoms with Crippen LogP contribution >= 0.6 is 0 Å². The van der Waals surface area contributed by atoms with E-state index in [9.17, 15) is 14.4 Å². The van der Waals surface area contributed by atoms with Crippen LogP contribution in [0, 0.1) is 0 Å². The molecule has 0 saturated carbocycles. The molecule has 0 bridgehead atoms. The Morgan fingerprint density at radius 3 is 2.61 bits per heavy atom. The van der Waals surface area contributed by atoms with Gasteiger partial charge < -0.3 is 15.0 Å². The monoisotopic (exact) mass is 545 g/mol. The maximum Gasteiger partial charge on any atom is 0.414 e. The second-order valence-corrected chi connectivity index (χ2v) is 11.4. The number of benzene rings is 2. The molecule has 9 nitrogen and oxygen atoms in total. The number of pyridine rings is 2. The first kappa shape index (κ1) is 24.0. The number of nitrogens with one attached hydrogen (secondary N) is 1. The molecule has 204 valence electrons. The summed E-state index contributed by atoms with van der Waals surface area (Å²) in [5.41, 5.74) is 5.55. The number of amides is 3. The molecule has 0 unspecified atom stereocenters. The highest BCUT2D eigenvalue weighted by Crippen LogP contribution is 2.47. The van der Waals surface area contributed by atoms with Crippen molar-refractivity contribution in [2.75, 3.05) is 23.3 Å². The number of rotatable bonds is 2. The van der Waals surface area contributed by atoms with Crippen LogP contribution in [0.25, 0.3) is 10.9 Å². The molecule has 1 N–H and O–H groups in total. The first-order valence-electron chi connectivity index (χ1n) is 14.0. The van der Waals surface area contributed by atoms with E-state index in [1.807, 2.05) is 53.4 Å². The molecule has 5 heterocycles. The topological polar surface area (TPSA) is 105 Å². The van der Waals surface area contributed by atoms with Gasteiger partial charge in [0.15, 0.2) is 0 Å². The van der Waals surface area contributed by atoms with Crippen molar-refractivity contribution in [2.45, 2.75) is 43.7 Å². The van der Waals surface area contributed by atoms with Crippen LogP contribution in [0.1, 0.15) is 45.6 Å². The van der Waals surface area contributed by atoms with Crippen LogP contribution in [0.5, 0.6) is 0 Å². The summed E-state index contributed by atoms with van der Waals surface area (Å²) in [7, 11) is 0. The number of piperidine rings is 1. The van der Waals surface area contributed by atoms with Gasteiger partial charge in [-0.2, -0.15) is 0 Å². The number of likely N-dealkylation sites (tertiary alicyclic amines) is 1. The average Bonchev–Trinajstić information content (AvgIpc) is 3.51. The van der Waals surface area contributed by atoms with E-state index in [-0.39, 0.29) is 23.9 Å². The van der Waals surface area contributed by atoms with Crippen molar-refractivity contribution in [1.82, 2.24) is 14.9 Å². The molecule has 1 spiro atoms. The summed E-state index contributed by atoms with van der Waals surface area (Å²) in [6, 6.07) is 19.5. The fraction of sp³-hybridized carbons (Fsp3) is 0.281. The normalized spacial score (nSPS) is 21.5. The maximum atomic E-state index is 13.5. The van der Waals surface area contributed by atoms with Gasteiger partial charge in [-0.3, -0.25) is 14.5 Å². The molecule has 4 aliphatic rings. The SMILES string of the molecule is O=C(c1ccc2cc3c(cc2n1)C[C@]1(C3)C(=O)Nc2ncccc21)N1CCC(N2C(=O)OCc3ccccc32)CC1. The summed E-state index contributed by atoms with van der Waals surface area (Å²) in [6.07, 6.45) is 3.90. The lowest BCUT2D eigenvalue weighted by Gasteiger charge is -2.40. The van der Waals surface area contributed by atoms with E-state index >= 15 is 0 Å². The Hall–Kier alpha value is -4.79. The molecule has 2 aromatic carbocycles. The van der Waals surface area contributed by atoms with Crippen molar-refractivity contribution in [2.24, 2.45) is 0 Å². The zero-order valence-electron chi connectivity index (χ0n) is 22.3. The molecule has 3 amide bonds. The molecule has 9 heteroatoms. The molecule has 3 aliphatic heterocycles. The highest BCUT2D eigenvalue weighted by atomic mass is 16.6. The fourth-order valence-electron chi connectivity index (χ4n) is 7.02. The lowest BCUT2D eigenvalue weighted by molar-refractivity contribution is -0.120. The van der Waals surface area contributed by atoms with Crippen LogP contribution < -0.4 is 10.2 Å². The number of aromatic nitrogens is 2. The maximum absolute atomic E-state index is 13.5. The number of nitrogens with zero attached hydrogens (tertiary/aromatic N) is 4. The average molecular weight is 546 g/mol. The van der Waals surface area contributed by atoms with E-state index in [1.165, 1.54) is 0 Å². The molecule has 1 saturated heterocycles. The van der Waals surface area contributed by atoms with Crippen molar-refractivity contribution in [1.29, 1.82) is 0 Å². The number of anilines is 2. The third-order valence-electron chi connectivity index (χ3n) is 9.12. The summed E-state index contributed by atoms with van der Waals surface area (Å²) < 4.78 is 5.41. The van der Waals surface area contributed by atoms with Gasteiger partial charge in [0.1, 0.15) is 18.1 Å². The van der Waals surface area contributed by atoms with E-state index in [4.69, 9.17) is 9.72 Å². The van der Waals surface area contributed by atoms with Crippen LogP contribution in [0.2, 0.25) is 0 Å². The molecule has 0 radical (unpaired) electrons. The number of para-hydroxylation sites is 1. The Balaban J connectivity index is 1.01. The number of carbonyl (C=O) groups excluding carboxylic acids is 3. The van der Waals surface area contributed by atoms with E-state index in [0.717, 1.165) is 38.8 Å². The van der Waals surface area contributed by atoms with Gasteiger partial charge in [0.05, 0.1) is 16.6 Å². The number of hydrogen-bond donors (Lipinski definition) is 1. The Morgan fingerprint density at radius 2 is 1.76 bits per heavy atom. The third-order valence-corrected chi connectivity index (χ3v) is 9.12. The summed E-state index contributed by atoms with van der Waals surface area (Å²) in [6.45, 7) is 1.35. The van der Waals surface area contributed by atoms with Gasteiger partial charge in [-0.1, -0.05) is 30.3 Å². The Kier molecular flexibility index (Phi) is 5.19.